The Kier molecular flexibility index (Phi) is 7.45. The van der Waals surface area contributed by atoms with Gasteiger partial charge in [0.1, 0.15) is 11.3 Å². The van der Waals surface area contributed by atoms with E-state index in [1.807, 2.05) is 66.7 Å². The Morgan fingerprint density at radius 2 is 1.68 bits per heavy atom. The molecule has 1 aliphatic rings. The molecule has 0 atom stereocenters. The molecule has 8 heteroatoms. The highest BCUT2D eigenvalue weighted by molar-refractivity contribution is 5.84. The third kappa shape index (κ3) is 5.61. The van der Waals surface area contributed by atoms with Crippen molar-refractivity contribution in [3.05, 3.63) is 120 Å². The van der Waals surface area contributed by atoms with Gasteiger partial charge >= 0.3 is 0 Å². The number of piperidine rings is 1. The third-order valence-electron chi connectivity index (χ3n) is 8.20. The average Bonchev–Trinajstić information content (AvgIpc) is 3.45. The summed E-state index contributed by atoms with van der Waals surface area (Å²) < 4.78 is 2.08. The van der Waals surface area contributed by atoms with Gasteiger partial charge in [-0.2, -0.15) is 5.26 Å². The zero-order valence-corrected chi connectivity index (χ0v) is 24.3. The average molecular weight is 577 g/mol. The number of anilines is 2. The summed E-state index contributed by atoms with van der Waals surface area (Å²) in [6, 6.07) is 37.0. The van der Waals surface area contributed by atoms with E-state index >= 15 is 0 Å². The Morgan fingerprint density at radius 1 is 0.864 bits per heavy atom. The number of benzene rings is 3. The maximum atomic E-state index is 9.19. The third-order valence-corrected chi connectivity index (χ3v) is 8.20. The fraction of sp³-hybridized carbons (Fsp3) is 0.167. The molecule has 7 rings (SSSR count). The smallest absolute Gasteiger partial charge is 0.165 e. The van der Waals surface area contributed by atoms with Crippen molar-refractivity contribution in [1.82, 2.24) is 24.4 Å². The molecule has 4 heterocycles. The van der Waals surface area contributed by atoms with Crippen molar-refractivity contribution < 1.29 is 0 Å². The van der Waals surface area contributed by atoms with Crippen LogP contribution in [0.2, 0.25) is 0 Å². The first-order valence-corrected chi connectivity index (χ1v) is 14.9. The summed E-state index contributed by atoms with van der Waals surface area (Å²) in [4.78, 5) is 16.9. The number of nitrogens with two attached hydrogens (primary N) is 1. The summed E-state index contributed by atoms with van der Waals surface area (Å²) in [5.41, 5.74) is 14.5. The second-order valence-corrected chi connectivity index (χ2v) is 11.2. The van der Waals surface area contributed by atoms with E-state index in [-0.39, 0.29) is 0 Å². The maximum Gasteiger partial charge on any atom is 0.165 e. The molecular formula is C36H32N8. The van der Waals surface area contributed by atoms with E-state index < -0.39 is 0 Å². The molecule has 216 valence electrons. The van der Waals surface area contributed by atoms with Crippen molar-refractivity contribution in [2.45, 2.75) is 25.4 Å². The molecule has 3 N–H and O–H groups in total. The Bertz CT molecular complexity index is 1950. The molecule has 0 unspecified atom stereocenters. The molecule has 0 radical (unpaired) electrons. The van der Waals surface area contributed by atoms with E-state index in [0.717, 1.165) is 71.8 Å². The number of imidazole rings is 1. The van der Waals surface area contributed by atoms with E-state index in [2.05, 4.69) is 62.2 Å². The lowest BCUT2D eigenvalue weighted by Crippen LogP contribution is -2.38. The summed E-state index contributed by atoms with van der Waals surface area (Å²) >= 11 is 0. The van der Waals surface area contributed by atoms with Crippen LogP contribution >= 0.6 is 0 Å². The summed E-state index contributed by atoms with van der Waals surface area (Å²) in [6.07, 6.45) is 3.81. The van der Waals surface area contributed by atoms with Crippen LogP contribution in [0.5, 0.6) is 0 Å². The molecule has 1 fully saturated rings. The number of likely N-dealkylation sites (tertiary alicyclic amines) is 1. The van der Waals surface area contributed by atoms with Crippen molar-refractivity contribution >= 4 is 22.7 Å². The molecule has 0 aliphatic carbocycles. The van der Waals surface area contributed by atoms with Crippen molar-refractivity contribution in [2.24, 2.45) is 0 Å². The summed E-state index contributed by atoms with van der Waals surface area (Å²) in [5.74, 6) is 1.14. The van der Waals surface area contributed by atoms with Crippen molar-refractivity contribution in [3.8, 4) is 34.4 Å². The van der Waals surface area contributed by atoms with E-state index in [9.17, 15) is 5.26 Å². The number of pyridine rings is 2. The van der Waals surface area contributed by atoms with Gasteiger partial charge in [0.15, 0.2) is 11.5 Å². The van der Waals surface area contributed by atoms with Gasteiger partial charge in [0.2, 0.25) is 0 Å². The van der Waals surface area contributed by atoms with Crippen LogP contribution in [-0.2, 0) is 6.54 Å². The number of nitriles is 1. The van der Waals surface area contributed by atoms with Gasteiger partial charge in [-0.05, 0) is 73.0 Å². The number of nitrogens with one attached hydrogen (secondary N) is 1. The lowest BCUT2D eigenvalue weighted by atomic mass is 10.0. The minimum Gasteiger partial charge on any atom is -0.383 e. The summed E-state index contributed by atoms with van der Waals surface area (Å²) in [5, 5.41) is 12.8. The number of aromatic nitrogens is 4. The zero-order chi connectivity index (χ0) is 29.9. The number of hydrogen-bond donors (Lipinski definition) is 2. The largest absolute Gasteiger partial charge is 0.383 e. The second-order valence-electron chi connectivity index (χ2n) is 11.2. The Labute approximate surface area is 256 Å². The number of nitrogens with zero attached hydrogens (tertiary/aromatic N) is 6. The molecule has 3 aromatic carbocycles. The van der Waals surface area contributed by atoms with Crippen LogP contribution in [0.3, 0.4) is 0 Å². The first-order chi connectivity index (χ1) is 21.6. The predicted molar refractivity (Wildman–Crippen MR) is 175 cm³/mol. The van der Waals surface area contributed by atoms with Crippen LogP contribution < -0.4 is 11.1 Å². The van der Waals surface area contributed by atoms with E-state index in [4.69, 9.17) is 15.7 Å². The molecular weight excluding hydrogens is 544 g/mol. The van der Waals surface area contributed by atoms with Gasteiger partial charge in [-0.3, -0.25) is 9.47 Å². The van der Waals surface area contributed by atoms with Gasteiger partial charge in [0.05, 0.1) is 22.9 Å². The number of rotatable bonds is 7. The zero-order valence-electron chi connectivity index (χ0n) is 24.3. The first kappa shape index (κ1) is 27.3. The van der Waals surface area contributed by atoms with Crippen molar-refractivity contribution in [1.29, 1.82) is 5.26 Å². The quantitative estimate of drug-likeness (QED) is 0.218. The SMILES string of the molecule is N#Cc1cccc(NC2CCN(Cc3ccc(-n4c(-c5cccnc5N)nc5ccc(-c6ccccc6)nc54)cc3)CC2)c1. The summed E-state index contributed by atoms with van der Waals surface area (Å²) in [7, 11) is 0. The van der Waals surface area contributed by atoms with Crippen LogP contribution in [0.15, 0.2) is 109 Å². The Hall–Kier alpha value is -5.52. The van der Waals surface area contributed by atoms with Crippen LogP contribution in [0.4, 0.5) is 11.5 Å². The highest BCUT2D eigenvalue weighted by atomic mass is 15.2. The van der Waals surface area contributed by atoms with Gasteiger partial charge in [-0.1, -0.05) is 48.5 Å². The lowest BCUT2D eigenvalue weighted by molar-refractivity contribution is 0.211. The molecule has 6 aromatic rings. The Morgan fingerprint density at radius 3 is 2.45 bits per heavy atom. The predicted octanol–water partition coefficient (Wildman–Crippen LogP) is 6.68. The molecule has 0 bridgehead atoms. The molecule has 8 nitrogen and oxygen atoms in total. The van der Waals surface area contributed by atoms with Gasteiger partial charge in [0.25, 0.3) is 0 Å². The van der Waals surface area contributed by atoms with Crippen molar-refractivity contribution in [2.75, 3.05) is 24.1 Å². The van der Waals surface area contributed by atoms with E-state index in [0.29, 0.717) is 23.2 Å². The lowest BCUT2D eigenvalue weighted by Gasteiger charge is -2.33. The fourth-order valence-corrected chi connectivity index (χ4v) is 5.92. The van der Waals surface area contributed by atoms with E-state index in [1.54, 1.807) is 6.20 Å². The molecule has 0 spiro atoms. The van der Waals surface area contributed by atoms with Crippen LogP contribution in [0.25, 0.3) is 39.5 Å². The Balaban J connectivity index is 1.13. The summed E-state index contributed by atoms with van der Waals surface area (Å²) in [6.45, 7) is 2.92. The normalized spacial score (nSPS) is 14.0. The number of hydrogen-bond acceptors (Lipinski definition) is 7. The number of nitrogen functional groups attached to an aromatic ring is 1. The highest BCUT2D eigenvalue weighted by Crippen LogP contribution is 2.32. The molecule has 0 amide bonds. The van der Waals surface area contributed by atoms with Gasteiger partial charge < -0.3 is 11.1 Å². The van der Waals surface area contributed by atoms with Crippen LogP contribution in [-0.4, -0.2) is 43.6 Å². The maximum absolute atomic E-state index is 9.19. The second kappa shape index (κ2) is 12.0. The molecule has 1 aliphatic heterocycles. The molecule has 1 saturated heterocycles. The topological polar surface area (TPSA) is 109 Å². The van der Waals surface area contributed by atoms with Gasteiger partial charge in [-0.15, -0.1) is 0 Å². The molecule has 44 heavy (non-hydrogen) atoms. The minimum absolute atomic E-state index is 0.406. The monoisotopic (exact) mass is 576 g/mol. The van der Waals surface area contributed by atoms with Crippen LogP contribution in [0.1, 0.15) is 24.0 Å². The van der Waals surface area contributed by atoms with Crippen LogP contribution in [0, 0.1) is 11.3 Å². The van der Waals surface area contributed by atoms with E-state index in [1.165, 1.54) is 5.56 Å². The molecule has 3 aromatic heterocycles. The minimum atomic E-state index is 0.406. The van der Waals surface area contributed by atoms with Crippen molar-refractivity contribution in [3.63, 3.8) is 0 Å². The van der Waals surface area contributed by atoms with Gasteiger partial charge in [0, 0.05) is 48.8 Å². The standard InChI is InChI=1S/C36H32N8/c37-23-26-6-4-9-29(22-26)40-28-17-20-43(21-18-28)24-25-11-13-30(14-12-25)44-35(31-10-5-19-39-34(31)38)42-33-16-15-32(41-36(33)44)27-7-2-1-3-8-27/h1-16,19,22,28,40H,17-18,20-21,24H2,(H2,38,39). The van der Waals surface area contributed by atoms with Gasteiger partial charge in [-0.25, -0.2) is 15.0 Å². The molecule has 0 saturated carbocycles. The first-order valence-electron chi connectivity index (χ1n) is 14.9. The fourth-order valence-electron chi connectivity index (χ4n) is 5.92. The number of fused-ring (bicyclic) bond motifs is 1. The highest BCUT2D eigenvalue weighted by Gasteiger charge is 2.21.